The van der Waals surface area contributed by atoms with Crippen molar-refractivity contribution in [3.8, 4) is 11.1 Å². The number of phosphoric acid groups is 3. The molecule has 12 rings (SSSR count). The highest BCUT2D eigenvalue weighted by molar-refractivity contribution is 7.48. The first kappa shape index (κ1) is 64.3. The number of aliphatic hydroxyl groups is 2. The maximum atomic E-state index is 14.4. The van der Waals surface area contributed by atoms with Gasteiger partial charge < -0.3 is 66.4 Å². The third-order valence-corrected chi connectivity index (χ3v) is 18.4. The van der Waals surface area contributed by atoms with Gasteiger partial charge in [0.25, 0.3) is 11.1 Å². The van der Waals surface area contributed by atoms with Crippen molar-refractivity contribution in [2.45, 2.75) is 106 Å². The van der Waals surface area contributed by atoms with E-state index >= 15 is 0 Å². The standard InChI is InChI=1S/C51H59N16O22P3/c1-24-17-65(51(73)63-46(24)70)39-14-29(32(18-68)83-39)87-91(76,77)82-21-35-31(16-40(86-35)67-45-42(47(71)62-48(54)61-45)60-49(67)58-27-9-7-26(8-10-27)25-5-3-2-4-6-25)89-92(78,79)81-20-34-30(15-38(85-34)64-12-11-36(52)59-50(64)72)88-90(74,75)80-19-33-28(69)13-37(84-33)66-23-57-41-43(53)55-22-56-44(41)66/h2-12,17,22-23,28-35,37-40,68-69H,13-16,18-21H2,1H3,(H,58,60)(H,74,75)(H,76,77)(H,78,79)(H2,52,59,72)(H2,53,55,56)(H,63,70,73)(H3,54,61,62,71). The molecule has 92 heavy (non-hydrogen) atoms. The zero-order valence-corrected chi connectivity index (χ0v) is 50.6. The van der Waals surface area contributed by atoms with Crippen molar-refractivity contribution in [1.29, 1.82) is 0 Å². The number of imidazole rings is 2. The predicted molar refractivity (Wildman–Crippen MR) is 316 cm³/mol. The van der Waals surface area contributed by atoms with Crippen molar-refractivity contribution in [2.24, 2.45) is 0 Å². The van der Waals surface area contributed by atoms with Crippen molar-refractivity contribution < 1.29 is 84.7 Å². The quantitative estimate of drug-likeness (QED) is 0.0401. The monoisotopic (exact) mass is 1340 g/mol. The largest absolute Gasteiger partial charge is 0.472 e. The molecule has 0 radical (unpaired) electrons. The van der Waals surface area contributed by atoms with Crippen molar-refractivity contribution in [3.05, 3.63) is 133 Å². The number of H-pyrrole nitrogens is 2. The SMILES string of the molecule is Cc1cn(C2CC(OP(=O)(O)OCC3OC(n4c(Nc5ccc(-c6ccccc6)cc5)nc5c(=O)[nH]c(N)nc54)CC3OP(=O)(O)OCC3OC(n4ccc(N)nc4=O)CC3OP(=O)(O)OCC3OC(n4cnc5c(N)ncnc54)CC3O)C(CO)O2)c(=O)[nH]c1=O. The van der Waals surface area contributed by atoms with Gasteiger partial charge in [-0.05, 0) is 36.2 Å². The molecule has 8 aromatic rings. The highest BCUT2D eigenvalue weighted by Crippen LogP contribution is 2.54. The molecule has 10 heterocycles. The number of nitrogens with two attached hydrogens (primary N) is 3. The summed E-state index contributed by atoms with van der Waals surface area (Å²) in [5.41, 5.74) is 17.0. The normalized spacial score (nSPS) is 26.9. The second-order valence-corrected chi connectivity index (χ2v) is 25.8. The Kier molecular flexibility index (Phi) is 18.1. The number of benzene rings is 2. The molecule has 0 aliphatic carbocycles. The van der Waals surface area contributed by atoms with Gasteiger partial charge in [0.05, 0.1) is 38.9 Å². The maximum absolute atomic E-state index is 14.4. The van der Waals surface area contributed by atoms with Crippen LogP contribution in [0.5, 0.6) is 0 Å². The predicted octanol–water partition coefficient (Wildman–Crippen LogP) is 1.24. The van der Waals surface area contributed by atoms with Crippen molar-refractivity contribution >= 4 is 75.0 Å². The van der Waals surface area contributed by atoms with E-state index in [1.54, 1.807) is 12.1 Å². The first-order valence-electron chi connectivity index (χ1n) is 28.0. The molecule has 0 amide bonds. The number of nitrogen functional groups attached to an aromatic ring is 3. The summed E-state index contributed by atoms with van der Waals surface area (Å²) < 4.78 is 104. The summed E-state index contributed by atoms with van der Waals surface area (Å²) in [7, 11) is -16.0. The van der Waals surface area contributed by atoms with Crippen LogP contribution >= 0.6 is 23.5 Å². The Morgan fingerprint density at radius 1 is 0.630 bits per heavy atom. The van der Waals surface area contributed by atoms with Crippen LogP contribution in [0.15, 0.2) is 105 Å². The Morgan fingerprint density at radius 2 is 1.21 bits per heavy atom. The van der Waals surface area contributed by atoms with Gasteiger partial charge in [-0.1, -0.05) is 42.5 Å². The van der Waals surface area contributed by atoms with Gasteiger partial charge in [0.2, 0.25) is 11.9 Å². The molecular weight excluding hydrogens is 1280 g/mol. The van der Waals surface area contributed by atoms with E-state index in [-0.39, 0.29) is 58.6 Å². The average molecular weight is 1340 g/mol. The van der Waals surface area contributed by atoms with Gasteiger partial charge in [-0.15, -0.1) is 0 Å². The molecule has 15 unspecified atom stereocenters. The summed E-state index contributed by atoms with van der Waals surface area (Å²) in [5.74, 6) is -0.487. The highest BCUT2D eigenvalue weighted by atomic mass is 31.2. The van der Waals surface area contributed by atoms with Crippen LogP contribution < -0.4 is 45.0 Å². The van der Waals surface area contributed by atoms with Crippen LogP contribution in [0.25, 0.3) is 33.5 Å². The number of phosphoric ester groups is 3. The number of aliphatic hydroxyl groups excluding tert-OH is 2. The van der Waals surface area contributed by atoms with Crippen molar-refractivity contribution in [2.75, 3.05) is 48.9 Å². The molecule has 0 saturated carbocycles. The molecule has 14 N–H and O–H groups in total. The number of anilines is 5. The molecule has 2 aromatic carbocycles. The minimum atomic E-state index is -5.49. The van der Waals surface area contributed by atoms with Crippen LogP contribution in [0, 0.1) is 6.92 Å². The molecule has 38 nitrogen and oxygen atoms in total. The van der Waals surface area contributed by atoms with E-state index in [0.717, 1.165) is 20.3 Å². The molecule has 490 valence electrons. The summed E-state index contributed by atoms with van der Waals surface area (Å²) in [6.45, 7) is -2.02. The van der Waals surface area contributed by atoms with Gasteiger partial charge in [-0.25, -0.2) is 43.2 Å². The van der Waals surface area contributed by atoms with E-state index in [1.165, 1.54) is 47.2 Å². The fourth-order valence-electron chi connectivity index (χ4n) is 10.9. The average Bonchev–Trinajstić information content (AvgIpc) is 1.62. The van der Waals surface area contributed by atoms with E-state index in [1.807, 2.05) is 42.5 Å². The lowest BCUT2D eigenvalue weighted by molar-refractivity contribution is -0.0629. The number of rotatable bonds is 23. The third-order valence-electron chi connectivity index (χ3n) is 15.4. The van der Waals surface area contributed by atoms with E-state index in [4.69, 9.17) is 63.3 Å². The van der Waals surface area contributed by atoms with Crippen LogP contribution in [-0.4, -0.2) is 158 Å². The number of nitrogens with zero attached hydrogens (tertiary/aromatic N) is 10. The second-order valence-electron chi connectivity index (χ2n) is 21.5. The maximum Gasteiger partial charge on any atom is 0.472 e. The van der Waals surface area contributed by atoms with Crippen LogP contribution in [0.1, 0.15) is 56.2 Å². The van der Waals surface area contributed by atoms with Crippen LogP contribution in [0.2, 0.25) is 0 Å². The number of aryl methyl sites for hydroxylation is 1. The van der Waals surface area contributed by atoms with Crippen molar-refractivity contribution in [1.82, 2.24) is 58.1 Å². The first-order valence-corrected chi connectivity index (χ1v) is 32.5. The number of aromatic nitrogens is 12. The summed E-state index contributed by atoms with van der Waals surface area (Å²) in [5, 5.41) is 24.3. The number of hydrogen-bond donors (Lipinski definition) is 11. The lowest BCUT2D eigenvalue weighted by Gasteiger charge is -2.25. The van der Waals surface area contributed by atoms with Gasteiger partial charge in [-0.2, -0.15) is 9.97 Å². The lowest BCUT2D eigenvalue weighted by Crippen LogP contribution is -2.33. The van der Waals surface area contributed by atoms with Crippen molar-refractivity contribution in [3.63, 3.8) is 0 Å². The molecular formula is C51H59N16O22P3. The van der Waals surface area contributed by atoms with Gasteiger partial charge >= 0.3 is 34.8 Å². The minimum Gasteiger partial charge on any atom is -0.394 e. The smallest absolute Gasteiger partial charge is 0.394 e. The first-order chi connectivity index (χ1) is 43.9. The van der Waals surface area contributed by atoms with Gasteiger partial charge in [0, 0.05) is 49.3 Å². The highest BCUT2D eigenvalue weighted by Gasteiger charge is 2.49. The molecule has 4 saturated heterocycles. The van der Waals surface area contributed by atoms with Gasteiger partial charge in [-0.3, -0.25) is 65.0 Å². The lowest BCUT2D eigenvalue weighted by atomic mass is 10.1. The van der Waals surface area contributed by atoms with Crippen LogP contribution in [-0.2, 0) is 59.8 Å². The molecule has 41 heteroatoms. The summed E-state index contributed by atoms with van der Waals surface area (Å²) >= 11 is 0. The van der Waals surface area contributed by atoms with E-state index in [2.05, 4.69) is 45.2 Å². The fraction of sp³-hybridized carbons (Fsp3) is 0.412. The Labute approximate surface area is 515 Å². The number of hydrogen-bond acceptors (Lipinski definition) is 29. The minimum absolute atomic E-state index is 0.0326. The number of aromatic amines is 2. The topological polar surface area (TPSA) is 532 Å². The molecule has 15 atom stereocenters. The Morgan fingerprint density at radius 3 is 1.86 bits per heavy atom. The Hall–Kier alpha value is -7.81. The number of nitrogens with one attached hydrogen (secondary N) is 3. The fourth-order valence-corrected chi connectivity index (χ4v) is 13.8. The summed E-state index contributed by atoms with van der Waals surface area (Å²) in [6, 6.07) is 17.8. The van der Waals surface area contributed by atoms with E-state index < -0.39 is 159 Å². The molecule has 4 fully saturated rings. The number of fused-ring (bicyclic) bond motifs is 2. The van der Waals surface area contributed by atoms with Gasteiger partial charge in [0.1, 0.15) is 85.3 Å². The second kappa shape index (κ2) is 25.9. The Balaban J connectivity index is 0.786. The Bertz CT molecular complexity index is 4440. The number of ether oxygens (including phenoxy) is 4. The van der Waals surface area contributed by atoms with Crippen LogP contribution in [0.3, 0.4) is 0 Å². The third kappa shape index (κ3) is 13.9. The zero-order valence-electron chi connectivity index (χ0n) is 47.9. The molecule has 6 aromatic heterocycles. The zero-order chi connectivity index (χ0) is 65.0. The molecule has 0 spiro atoms. The van der Waals surface area contributed by atoms with Gasteiger partial charge in [0.15, 0.2) is 22.6 Å². The molecule has 0 bridgehead atoms. The summed E-state index contributed by atoms with van der Waals surface area (Å²) in [4.78, 5) is 115. The summed E-state index contributed by atoms with van der Waals surface area (Å²) in [6.07, 6.45) is -12.8. The molecule has 4 aliphatic heterocycles. The van der Waals surface area contributed by atoms with E-state index in [9.17, 15) is 57.8 Å². The van der Waals surface area contributed by atoms with Crippen LogP contribution in [0.4, 0.5) is 29.2 Å². The molecule has 4 aliphatic rings. The van der Waals surface area contributed by atoms with E-state index in [0.29, 0.717) is 11.3 Å².